The lowest BCUT2D eigenvalue weighted by Crippen LogP contribution is -2.01. The molecular formula is C50H61FN2S2. The van der Waals surface area contributed by atoms with Crippen LogP contribution in [0.1, 0.15) is 134 Å². The van der Waals surface area contributed by atoms with Gasteiger partial charge >= 0.3 is 0 Å². The zero-order valence-electron chi connectivity index (χ0n) is 34.0. The highest BCUT2D eigenvalue weighted by atomic mass is 32.1. The Bertz CT molecular complexity index is 2120. The van der Waals surface area contributed by atoms with Crippen LogP contribution >= 0.6 is 23.1 Å². The van der Waals surface area contributed by atoms with Crippen molar-refractivity contribution >= 4 is 34.1 Å². The maximum absolute atomic E-state index is 15.6. The Balaban J connectivity index is 1.27. The molecule has 5 heteroatoms. The van der Waals surface area contributed by atoms with Crippen LogP contribution in [-0.2, 0) is 25.7 Å². The number of rotatable bonds is 21. The van der Waals surface area contributed by atoms with Crippen LogP contribution in [0.3, 0.4) is 0 Å². The predicted octanol–water partition coefficient (Wildman–Crippen LogP) is 16.1. The number of halogens is 1. The van der Waals surface area contributed by atoms with Gasteiger partial charge in [-0.1, -0.05) is 147 Å². The Hall–Kier alpha value is -3.67. The molecule has 4 aromatic carbocycles. The summed E-state index contributed by atoms with van der Waals surface area (Å²) in [7, 11) is 0. The van der Waals surface area contributed by atoms with E-state index in [1.165, 1.54) is 103 Å². The van der Waals surface area contributed by atoms with Crippen LogP contribution in [0, 0.1) is 11.7 Å². The molecule has 6 aromatic rings. The molecule has 0 aliphatic heterocycles. The van der Waals surface area contributed by atoms with Crippen LogP contribution in [0.2, 0.25) is 0 Å². The first-order chi connectivity index (χ1) is 27.0. The molecule has 0 aliphatic carbocycles. The number of benzene rings is 4. The molecular weight excluding hydrogens is 712 g/mol. The van der Waals surface area contributed by atoms with Crippen molar-refractivity contribution < 1.29 is 4.39 Å². The molecule has 0 bridgehead atoms. The highest BCUT2D eigenvalue weighted by Crippen LogP contribution is 2.42. The van der Waals surface area contributed by atoms with Crippen LogP contribution in [-0.4, -0.2) is 8.75 Å². The number of aromatic nitrogens is 2. The molecule has 290 valence electrons. The number of thiophene rings is 1. The third kappa shape index (κ3) is 10.2. The summed E-state index contributed by atoms with van der Waals surface area (Å²) in [5.74, 6) is 0.589. The first-order valence-electron chi connectivity index (χ1n) is 21.4. The van der Waals surface area contributed by atoms with Crippen molar-refractivity contribution in [1.29, 1.82) is 0 Å². The first-order valence-corrected chi connectivity index (χ1v) is 22.9. The van der Waals surface area contributed by atoms with Gasteiger partial charge in [0.25, 0.3) is 0 Å². The fraction of sp³-hybridized carbons (Fsp3) is 0.440. The normalized spacial score (nSPS) is 12.2. The van der Waals surface area contributed by atoms with Gasteiger partial charge < -0.3 is 0 Å². The van der Waals surface area contributed by atoms with E-state index in [4.69, 9.17) is 8.75 Å². The summed E-state index contributed by atoms with van der Waals surface area (Å²) >= 11 is 2.90. The summed E-state index contributed by atoms with van der Waals surface area (Å²) in [5.41, 5.74) is 14.1. The van der Waals surface area contributed by atoms with Crippen molar-refractivity contribution in [2.75, 3.05) is 0 Å². The number of nitrogens with zero attached hydrogens (tertiary/aromatic N) is 2. The van der Waals surface area contributed by atoms with Crippen molar-refractivity contribution in [3.63, 3.8) is 0 Å². The number of aryl methyl sites for hydroxylation is 4. The van der Waals surface area contributed by atoms with Gasteiger partial charge in [-0.05, 0) is 114 Å². The van der Waals surface area contributed by atoms with Gasteiger partial charge in [-0.2, -0.15) is 8.75 Å². The van der Waals surface area contributed by atoms with E-state index in [0.717, 1.165) is 88.3 Å². The molecule has 0 spiro atoms. The van der Waals surface area contributed by atoms with Gasteiger partial charge in [0.1, 0.15) is 16.9 Å². The predicted molar refractivity (Wildman–Crippen MR) is 239 cm³/mol. The highest BCUT2D eigenvalue weighted by Gasteiger charge is 2.19. The van der Waals surface area contributed by atoms with E-state index in [0.29, 0.717) is 5.56 Å². The lowest BCUT2D eigenvalue weighted by Gasteiger charge is -2.17. The van der Waals surface area contributed by atoms with Gasteiger partial charge in [-0.25, -0.2) is 4.39 Å². The van der Waals surface area contributed by atoms with E-state index in [1.54, 1.807) is 17.4 Å². The second-order valence-electron chi connectivity index (χ2n) is 15.6. The van der Waals surface area contributed by atoms with Crippen molar-refractivity contribution in [2.24, 2.45) is 5.92 Å². The van der Waals surface area contributed by atoms with Gasteiger partial charge in [0.15, 0.2) is 0 Å². The maximum atomic E-state index is 15.6. The van der Waals surface area contributed by atoms with E-state index in [2.05, 4.69) is 101 Å². The molecule has 6 rings (SSSR count). The van der Waals surface area contributed by atoms with Gasteiger partial charge in [0, 0.05) is 26.4 Å². The third-order valence-electron chi connectivity index (χ3n) is 11.5. The van der Waals surface area contributed by atoms with Gasteiger partial charge in [-0.3, -0.25) is 0 Å². The van der Waals surface area contributed by atoms with Crippen LogP contribution in [0.5, 0.6) is 0 Å². The minimum Gasteiger partial charge on any atom is -0.206 e. The highest BCUT2D eigenvalue weighted by molar-refractivity contribution is 7.19. The SMILES string of the molecule is CCCCCc1ccc(-c2ccc(-c3ccc(-c4ccc(-c5ccc(CCC(CC)CCCC)cc5F)s4)c4nsnc34)cc2CCCC)c(CCCC)c1. The smallest absolute Gasteiger partial charge is 0.132 e. The Kier molecular flexibility index (Phi) is 15.3. The second-order valence-corrected chi connectivity index (χ2v) is 17.2. The summed E-state index contributed by atoms with van der Waals surface area (Å²) < 4.78 is 25.3. The molecule has 0 aliphatic rings. The molecule has 2 heterocycles. The van der Waals surface area contributed by atoms with E-state index in [9.17, 15) is 0 Å². The molecule has 55 heavy (non-hydrogen) atoms. The van der Waals surface area contributed by atoms with Crippen molar-refractivity contribution in [3.05, 3.63) is 107 Å². The molecule has 1 atom stereocenters. The molecule has 1 unspecified atom stereocenters. The molecule has 0 N–H and O–H groups in total. The van der Waals surface area contributed by atoms with Gasteiger partial charge in [-0.15, -0.1) is 11.3 Å². The number of fused-ring (bicyclic) bond motifs is 1. The molecule has 0 amide bonds. The Labute approximate surface area is 339 Å². The first kappa shape index (κ1) is 41.0. The quantitative estimate of drug-likeness (QED) is 0.0681. The molecule has 0 radical (unpaired) electrons. The van der Waals surface area contributed by atoms with E-state index >= 15 is 4.39 Å². The fourth-order valence-corrected chi connectivity index (χ4v) is 9.71. The third-order valence-corrected chi connectivity index (χ3v) is 13.2. The number of hydrogen-bond acceptors (Lipinski definition) is 4. The topological polar surface area (TPSA) is 25.8 Å². The minimum atomic E-state index is -0.133. The van der Waals surface area contributed by atoms with Crippen molar-refractivity contribution in [3.8, 4) is 43.1 Å². The maximum Gasteiger partial charge on any atom is 0.132 e. The Morgan fingerprint density at radius 1 is 0.509 bits per heavy atom. The van der Waals surface area contributed by atoms with Crippen LogP contribution in [0.4, 0.5) is 4.39 Å². The van der Waals surface area contributed by atoms with Crippen LogP contribution in [0.25, 0.3) is 54.2 Å². The summed E-state index contributed by atoms with van der Waals surface area (Å²) in [6.45, 7) is 11.4. The Morgan fingerprint density at radius 3 is 1.76 bits per heavy atom. The Morgan fingerprint density at radius 2 is 1.09 bits per heavy atom. The molecule has 0 fully saturated rings. The molecule has 2 nitrogen and oxygen atoms in total. The minimum absolute atomic E-state index is 0.133. The number of hydrogen-bond donors (Lipinski definition) is 0. The lowest BCUT2D eigenvalue weighted by molar-refractivity contribution is 0.421. The summed E-state index contributed by atoms with van der Waals surface area (Å²) in [6, 6.07) is 28.8. The number of unbranched alkanes of at least 4 members (excludes halogenated alkanes) is 5. The summed E-state index contributed by atoms with van der Waals surface area (Å²) in [5, 5.41) is 0. The van der Waals surface area contributed by atoms with Crippen LogP contribution in [0.15, 0.2) is 78.9 Å². The van der Waals surface area contributed by atoms with Gasteiger partial charge in [0.05, 0.1) is 11.7 Å². The monoisotopic (exact) mass is 772 g/mol. The standard InChI is InChI=1S/C50H61FN2S2/c1-6-11-15-17-36-22-25-41(38(32-36)18-13-8-3)42-27-24-40(34-39(42)19-14-9-4)43-28-29-45(50-49(43)52-55-53-50)48-31-30-47(54-48)44-26-23-37(33-46(44)51)21-20-35(10-5)16-12-7-2/h22-35H,6-21H2,1-5H3. The lowest BCUT2D eigenvalue weighted by atomic mass is 9.87. The average Bonchev–Trinajstić information content (AvgIpc) is 3.91. The molecule has 0 saturated carbocycles. The zero-order valence-corrected chi connectivity index (χ0v) is 35.6. The van der Waals surface area contributed by atoms with Crippen molar-refractivity contribution in [1.82, 2.24) is 8.75 Å². The average molecular weight is 773 g/mol. The van der Waals surface area contributed by atoms with E-state index in [1.807, 2.05) is 6.07 Å². The van der Waals surface area contributed by atoms with Gasteiger partial charge in [0.2, 0.25) is 0 Å². The van der Waals surface area contributed by atoms with E-state index < -0.39 is 0 Å². The molecule has 2 aromatic heterocycles. The fourth-order valence-electron chi connectivity index (χ4n) is 8.07. The molecule has 0 saturated heterocycles. The largest absolute Gasteiger partial charge is 0.206 e. The van der Waals surface area contributed by atoms with E-state index in [-0.39, 0.29) is 5.82 Å². The summed E-state index contributed by atoms with van der Waals surface area (Å²) in [4.78, 5) is 2.03. The zero-order chi connectivity index (χ0) is 38.6. The second kappa shape index (κ2) is 20.5. The summed E-state index contributed by atoms with van der Waals surface area (Å²) in [6.07, 6.45) is 18.9. The van der Waals surface area contributed by atoms with Crippen molar-refractivity contribution in [2.45, 2.75) is 137 Å². The van der Waals surface area contributed by atoms with Crippen LogP contribution < -0.4 is 0 Å².